The Bertz CT molecular complexity index is 352. The third kappa shape index (κ3) is 1.80. The van der Waals surface area contributed by atoms with Crippen molar-refractivity contribution in [2.75, 3.05) is 0 Å². The molecule has 1 saturated carbocycles. The largest absolute Gasteiger partial charge is 0.347 e. The van der Waals surface area contributed by atoms with Crippen molar-refractivity contribution >= 4 is 12.2 Å². The lowest BCUT2D eigenvalue weighted by atomic mass is 9.85. The third-order valence-electron chi connectivity index (χ3n) is 2.69. The smallest absolute Gasteiger partial charge is 0.129 e. The molecule has 3 heteroatoms. The Morgan fingerprint density at radius 3 is 2.92 bits per heavy atom. The van der Waals surface area contributed by atoms with Gasteiger partial charge in [0.2, 0.25) is 0 Å². The number of aryl methyl sites for hydroxylation is 1. The van der Waals surface area contributed by atoms with E-state index < -0.39 is 0 Å². The lowest BCUT2D eigenvalue weighted by Crippen LogP contribution is -2.13. The zero-order chi connectivity index (χ0) is 9.26. The third-order valence-corrected chi connectivity index (χ3v) is 2.90. The summed E-state index contributed by atoms with van der Waals surface area (Å²) >= 11 is 5.11. The van der Waals surface area contributed by atoms with Gasteiger partial charge in [0.1, 0.15) is 10.5 Å². The van der Waals surface area contributed by atoms with E-state index in [1.54, 1.807) is 0 Å². The van der Waals surface area contributed by atoms with Crippen molar-refractivity contribution in [3.05, 3.63) is 22.2 Å². The van der Waals surface area contributed by atoms with E-state index >= 15 is 0 Å². The van der Waals surface area contributed by atoms with Crippen molar-refractivity contribution < 1.29 is 0 Å². The van der Waals surface area contributed by atoms with Gasteiger partial charge in [-0.05, 0) is 25.3 Å². The van der Waals surface area contributed by atoms with Gasteiger partial charge in [-0.25, -0.2) is 4.98 Å². The van der Waals surface area contributed by atoms with E-state index in [9.17, 15) is 0 Å². The van der Waals surface area contributed by atoms with E-state index in [-0.39, 0.29) is 0 Å². The van der Waals surface area contributed by atoms with Crippen molar-refractivity contribution in [3.8, 4) is 0 Å². The minimum atomic E-state index is 0.646. The minimum absolute atomic E-state index is 0.646. The predicted octanol–water partition coefficient (Wildman–Crippen LogP) is 2.97. The number of rotatable bonds is 2. The van der Waals surface area contributed by atoms with Crippen LogP contribution in [0.2, 0.25) is 0 Å². The van der Waals surface area contributed by atoms with Crippen LogP contribution in [0.5, 0.6) is 0 Å². The predicted molar refractivity (Wildman–Crippen MR) is 55.4 cm³/mol. The molecule has 1 heterocycles. The normalized spacial score (nSPS) is 17.0. The number of aromatic amines is 1. The molecule has 0 spiro atoms. The molecule has 1 fully saturated rings. The Hall–Kier alpha value is -0.700. The molecule has 13 heavy (non-hydrogen) atoms. The Kier molecular flexibility index (Phi) is 2.44. The Balaban J connectivity index is 2.34. The lowest BCUT2D eigenvalue weighted by molar-refractivity contribution is 0.400. The zero-order valence-electron chi connectivity index (χ0n) is 7.84. The summed E-state index contributed by atoms with van der Waals surface area (Å²) in [6.07, 6.45) is 4.88. The fourth-order valence-electron chi connectivity index (χ4n) is 1.59. The maximum atomic E-state index is 5.11. The molecule has 0 radical (unpaired) electrons. The number of hydrogen-bond acceptors (Lipinski definition) is 2. The van der Waals surface area contributed by atoms with E-state index in [4.69, 9.17) is 12.2 Å². The summed E-state index contributed by atoms with van der Waals surface area (Å²) in [6.45, 7) is 2.13. The average Bonchev–Trinajstić information content (AvgIpc) is 2.00. The SMILES string of the molecule is CCc1cc(=S)nc(C2CCC2)[nH]1. The van der Waals surface area contributed by atoms with Crippen molar-refractivity contribution in [2.45, 2.75) is 38.5 Å². The van der Waals surface area contributed by atoms with Crippen molar-refractivity contribution in [2.24, 2.45) is 0 Å². The summed E-state index contributed by atoms with van der Waals surface area (Å²) in [7, 11) is 0. The Morgan fingerprint density at radius 2 is 2.38 bits per heavy atom. The molecule has 0 amide bonds. The van der Waals surface area contributed by atoms with Crippen LogP contribution >= 0.6 is 12.2 Å². The van der Waals surface area contributed by atoms with Crippen molar-refractivity contribution in [1.82, 2.24) is 9.97 Å². The number of nitrogens with zero attached hydrogens (tertiary/aromatic N) is 1. The van der Waals surface area contributed by atoms with Crippen LogP contribution in [0.3, 0.4) is 0 Å². The van der Waals surface area contributed by atoms with Crippen LogP contribution in [0, 0.1) is 4.64 Å². The van der Waals surface area contributed by atoms with E-state index in [0.29, 0.717) is 5.92 Å². The van der Waals surface area contributed by atoms with Crippen molar-refractivity contribution in [1.29, 1.82) is 0 Å². The zero-order valence-corrected chi connectivity index (χ0v) is 8.66. The number of hydrogen-bond donors (Lipinski definition) is 1. The highest BCUT2D eigenvalue weighted by Crippen LogP contribution is 2.34. The van der Waals surface area contributed by atoms with Gasteiger partial charge in [-0.1, -0.05) is 25.6 Å². The summed E-state index contributed by atoms with van der Waals surface area (Å²) in [4.78, 5) is 7.72. The van der Waals surface area contributed by atoms with E-state index in [1.807, 2.05) is 6.07 Å². The van der Waals surface area contributed by atoms with Gasteiger partial charge in [0, 0.05) is 11.6 Å². The molecule has 0 bridgehead atoms. The fraction of sp³-hybridized carbons (Fsp3) is 0.600. The molecule has 1 aromatic rings. The molecule has 1 aliphatic carbocycles. The van der Waals surface area contributed by atoms with Crippen LogP contribution in [-0.2, 0) is 6.42 Å². The molecule has 70 valence electrons. The molecule has 0 saturated heterocycles. The topological polar surface area (TPSA) is 28.7 Å². The van der Waals surface area contributed by atoms with Gasteiger partial charge in [-0.15, -0.1) is 0 Å². The van der Waals surface area contributed by atoms with Crippen LogP contribution in [0.4, 0.5) is 0 Å². The number of nitrogens with one attached hydrogen (secondary N) is 1. The second kappa shape index (κ2) is 3.58. The van der Waals surface area contributed by atoms with E-state index in [1.165, 1.54) is 25.0 Å². The van der Waals surface area contributed by atoms with E-state index in [2.05, 4.69) is 16.9 Å². The van der Waals surface area contributed by atoms with Crippen LogP contribution in [0.25, 0.3) is 0 Å². The van der Waals surface area contributed by atoms with Gasteiger partial charge in [0.15, 0.2) is 0 Å². The highest BCUT2D eigenvalue weighted by Gasteiger charge is 2.21. The second-order valence-electron chi connectivity index (χ2n) is 3.61. The molecular weight excluding hydrogens is 180 g/mol. The summed E-state index contributed by atoms with van der Waals surface area (Å²) in [5, 5.41) is 0. The molecule has 1 N–H and O–H groups in total. The molecule has 2 nitrogen and oxygen atoms in total. The maximum Gasteiger partial charge on any atom is 0.129 e. The first-order valence-corrected chi connectivity index (χ1v) is 5.30. The van der Waals surface area contributed by atoms with Gasteiger partial charge in [-0.3, -0.25) is 0 Å². The fourth-order valence-corrected chi connectivity index (χ4v) is 1.83. The first-order chi connectivity index (χ1) is 6.29. The first kappa shape index (κ1) is 8.88. The molecule has 2 rings (SSSR count). The highest BCUT2D eigenvalue weighted by molar-refractivity contribution is 7.71. The molecular formula is C10H14N2S. The highest BCUT2D eigenvalue weighted by atomic mass is 32.1. The Labute approximate surface area is 83.4 Å². The lowest BCUT2D eigenvalue weighted by Gasteiger charge is -2.24. The first-order valence-electron chi connectivity index (χ1n) is 4.89. The summed E-state index contributed by atoms with van der Waals surface area (Å²) in [6, 6.07) is 1.96. The van der Waals surface area contributed by atoms with Crippen LogP contribution < -0.4 is 0 Å². The standard InChI is InChI=1S/C10H14N2S/c1-2-8-6-9(13)12-10(11-8)7-4-3-5-7/h6-7H,2-5H2,1H3,(H,11,12,13). The quantitative estimate of drug-likeness (QED) is 0.733. The van der Waals surface area contributed by atoms with Gasteiger partial charge < -0.3 is 4.98 Å². The summed E-state index contributed by atoms with van der Waals surface area (Å²) < 4.78 is 0.734. The second-order valence-corrected chi connectivity index (χ2v) is 4.03. The molecule has 0 aromatic carbocycles. The van der Waals surface area contributed by atoms with E-state index in [0.717, 1.165) is 16.9 Å². The van der Waals surface area contributed by atoms with Gasteiger partial charge in [0.05, 0.1) is 0 Å². The average molecular weight is 194 g/mol. The molecule has 1 aliphatic rings. The van der Waals surface area contributed by atoms with Gasteiger partial charge >= 0.3 is 0 Å². The van der Waals surface area contributed by atoms with Crippen LogP contribution in [0.1, 0.15) is 43.6 Å². The maximum absolute atomic E-state index is 5.11. The number of aromatic nitrogens is 2. The summed E-state index contributed by atoms with van der Waals surface area (Å²) in [5.74, 6) is 1.75. The van der Waals surface area contributed by atoms with Crippen molar-refractivity contribution in [3.63, 3.8) is 0 Å². The molecule has 1 aromatic heterocycles. The molecule has 0 unspecified atom stereocenters. The van der Waals surface area contributed by atoms with Gasteiger partial charge in [-0.2, -0.15) is 0 Å². The summed E-state index contributed by atoms with van der Waals surface area (Å²) in [5.41, 5.74) is 1.21. The van der Waals surface area contributed by atoms with Crippen LogP contribution in [0.15, 0.2) is 6.07 Å². The van der Waals surface area contributed by atoms with Crippen LogP contribution in [-0.4, -0.2) is 9.97 Å². The Morgan fingerprint density at radius 1 is 1.62 bits per heavy atom. The minimum Gasteiger partial charge on any atom is -0.347 e. The molecule has 0 atom stereocenters. The number of H-pyrrole nitrogens is 1. The molecule has 0 aliphatic heterocycles. The van der Waals surface area contributed by atoms with Gasteiger partial charge in [0.25, 0.3) is 0 Å². The monoisotopic (exact) mass is 194 g/mol.